The quantitative estimate of drug-likeness (QED) is 0.736. The number of esters is 1. The van der Waals surface area contributed by atoms with Crippen LogP contribution in [0.25, 0.3) is 0 Å². The lowest BCUT2D eigenvalue weighted by atomic mass is 10.1. The number of aromatic nitrogens is 1. The van der Waals surface area contributed by atoms with E-state index in [1.165, 1.54) is 7.11 Å². The molecule has 0 unspecified atom stereocenters. The molecule has 8 nitrogen and oxygen atoms in total. The summed E-state index contributed by atoms with van der Waals surface area (Å²) in [7, 11) is 1.31. The predicted octanol–water partition coefficient (Wildman–Crippen LogP) is 2.83. The monoisotopic (exact) mass is 407 g/mol. The highest BCUT2D eigenvalue weighted by molar-refractivity contribution is 6.29. The molecule has 1 N–H and O–H groups in total. The summed E-state index contributed by atoms with van der Waals surface area (Å²) in [4.78, 5) is 26.7. The highest BCUT2D eigenvalue weighted by Crippen LogP contribution is 2.26. The number of amides is 1. The fourth-order valence-corrected chi connectivity index (χ4v) is 3.30. The van der Waals surface area contributed by atoms with Crippen LogP contribution in [0, 0.1) is 6.92 Å². The SMILES string of the molecule is COC(=O)c1cc(N2CCOCC2)ccc1NC(=O)CCc1c(C)noc1Cl. The Balaban J connectivity index is 1.72. The number of nitrogens with one attached hydrogen (secondary N) is 1. The zero-order valence-electron chi connectivity index (χ0n) is 15.8. The third-order valence-corrected chi connectivity index (χ3v) is 4.89. The van der Waals surface area contributed by atoms with E-state index >= 15 is 0 Å². The Morgan fingerprint density at radius 3 is 2.71 bits per heavy atom. The van der Waals surface area contributed by atoms with E-state index in [0.717, 1.165) is 18.8 Å². The first kappa shape index (κ1) is 20.2. The van der Waals surface area contributed by atoms with E-state index in [2.05, 4.69) is 15.4 Å². The van der Waals surface area contributed by atoms with Gasteiger partial charge in [0.25, 0.3) is 0 Å². The molecule has 2 heterocycles. The summed E-state index contributed by atoms with van der Waals surface area (Å²) in [6, 6.07) is 5.31. The van der Waals surface area contributed by atoms with Crippen molar-refractivity contribution in [2.24, 2.45) is 0 Å². The molecular formula is C19H22ClN3O5. The average Bonchev–Trinajstić information content (AvgIpc) is 3.04. The molecule has 150 valence electrons. The summed E-state index contributed by atoms with van der Waals surface area (Å²) in [5, 5.41) is 6.74. The Morgan fingerprint density at radius 1 is 1.32 bits per heavy atom. The second kappa shape index (κ2) is 9.07. The van der Waals surface area contributed by atoms with Crippen LogP contribution in [-0.4, -0.2) is 50.4 Å². The zero-order chi connectivity index (χ0) is 20.1. The van der Waals surface area contributed by atoms with Gasteiger partial charge in [-0.05, 0) is 43.1 Å². The number of benzene rings is 1. The molecule has 0 atom stereocenters. The molecule has 1 aromatic heterocycles. The van der Waals surface area contributed by atoms with E-state index in [-0.39, 0.29) is 17.5 Å². The van der Waals surface area contributed by atoms with Gasteiger partial charge in [-0.15, -0.1) is 0 Å². The highest BCUT2D eigenvalue weighted by Gasteiger charge is 2.19. The largest absolute Gasteiger partial charge is 0.465 e. The number of carbonyl (C=O) groups excluding carboxylic acids is 2. The van der Waals surface area contributed by atoms with Gasteiger partial charge < -0.3 is 24.2 Å². The van der Waals surface area contributed by atoms with Crippen LogP contribution < -0.4 is 10.2 Å². The van der Waals surface area contributed by atoms with Crippen molar-refractivity contribution in [1.82, 2.24) is 5.16 Å². The van der Waals surface area contributed by atoms with E-state index in [9.17, 15) is 9.59 Å². The van der Waals surface area contributed by atoms with Crippen LogP contribution in [0.5, 0.6) is 0 Å². The minimum absolute atomic E-state index is 0.174. The second-order valence-electron chi connectivity index (χ2n) is 6.39. The van der Waals surface area contributed by atoms with E-state index < -0.39 is 5.97 Å². The van der Waals surface area contributed by atoms with Crippen molar-refractivity contribution in [2.45, 2.75) is 19.8 Å². The van der Waals surface area contributed by atoms with E-state index in [0.29, 0.717) is 42.1 Å². The van der Waals surface area contributed by atoms with Gasteiger partial charge >= 0.3 is 5.97 Å². The fraction of sp³-hybridized carbons (Fsp3) is 0.421. The molecule has 1 aliphatic rings. The van der Waals surface area contributed by atoms with Gasteiger partial charge in [0.05, 0.1) is 37.3 Å². The molecule has 2 aromatic rings. The van der Waals surface area contributed by atoms with E-state index in [1.54, 1.807) is 19.1 Å². The Hall–Kier alpha value is -2.58. The molecule has 1 fully saturated rings. The van der Waals surface area contributed by atoms with Crippen LogP contribution in [0.2, 0.25) is 5.22 Å². The first-order valence-corrected chi connectivity index (χ1v) is 9.33. The van der Waals surface area contributed by atoms with Crippen molar-refractivity contribution in [1.29, 1.82) is 0 Å². The van der Waals surface area contributed by atoms with Crippen LogP contribution in [0.1, 0.15) is 28.0 Å². The number of hydrogen-bond acceptors (Lipinski definition) is 7. The summed E-state index contributed by atoms with van der Waals surface area (Å²) in [5.74, 6) is -0.760. The zero-order valence-corrected chi connectivity index (χ0v) is 16.5. The smallest absolute Gasteiger partial charge is 0.340 e. The maximum absolute atomic E-state index is 12.4. The van der Waals surface area contributed by atoms with Crippen LogP contribution in [0.3, 0.4) is 0 Å². The van der Waals surface area contributed by atoms with Gasteiger partial charge in [0.2, 0.25) is 11.1 Å². The van der Waals surface area contributed by atoms with Gasteiger partial charge in [0.15, 0.2) is 0 Å². The van der Waals surface area contributed by atoms with Gasteiger partial charge in [-0.2, -0.15) is 0 Å². The maximum atomic E-state index is 12.4. The molecule has 0 bridgehead atoms. The van der Waals surface area contributed by atoms with Crippen molar-refractivity contribution in [3.63, 3.8) is 0 Å². The third-order valence-electron chi connectivity index (χ3n) is 4.60. The Bertz CT molecular complexity index is 842. The number of methoxy groups -OCH3 is 1. The molecule has 0 saturated carbocycles. The standard InChI is InChI=1S/C19H22ClN3O5/c1-12-14(18(20)28-22-12)4-6-17(24)21-16-5-3-13(11-15(16)19(25)26-2)23-7-9-27-10-8-23/h3,5,11H,4,6-10H2,1-2H3,(H,21,24). The summed E-state index contributed by atoms with van der Waals surface area (Å²) in [6.07, 6.45) is 0.563. The topological polar surface area (TPSA) is 93.9 Å². The van der Waals surface area contributed by atoms with Crippen LogP contribution in [0.4, 0.5) is 11.4 Å². The van der Waals surface area contributed by atoms with E-state index in [4.69, 9.17) is 25.6 Å². The van der Waals surface area contributed by atoms with E-state index in [1.807, 2.05) is 6.07 Å². The maximum Gasteiger partial charge on any atom is 0.340 e. The lowest BCUT2D eigenvalue weighted by Crippen LogP contribution is -2.36. The van der Waals surface area contributed by atoms with Gasteiger partial charge in [-0.1, -0.05) is 5.16 Å². The lowest BCUT2D eigenvalue weighted by molar-refractivity contribution is -0.116. The Kier molecular flexibility index (Phi) is 6.53. The minimum Gasteiger partial charge on any atom is -0.465 e. The Labute approximate surface area is 167 Å². The molecule has 0 spiro atoms. The number of nitrogens with zero attached hydrogens (tertiary/aromatic N) is 2. The number of rotatable bonds is 6. The number of aryl methyl sites for hydroxylation is 1. The summed E-state index contributed by atoms with van der Waals surface area (Å²) in [6.45, 7) is 4.52. The van der Waals surface area contributed by atoms with Crippen molar-refractivity contribution in [3.05, 3.63) is 40.2 Å². The molecule has 3 rings (SSSR count). The lowest BCUT2D eigenvalue weighted by Gasteiger charge is -2.29. The number of hydrogen-bond donors (Lipinski definition) is 1. The number of anilines is 2. The average molecular weight is 408 g/mol. The Morgan fingerprint density at radius 2 is 2.07 bits per heavy atom. The van der Waals surface area contributed by atoms with Gasteiger partial charge in [0, 0.05) is 30.8 Å². The fourth-order valence-electron chi connectivity index (χ4n) is 3.03. The molecular weight excluding hydrogens is 386 g/mol. The summed E-state index contributed by atoms with van der Waals surface area (Å²) >= 11 is 5.93. The third kappa shape index (κ3) is 4.63. The predicted molar refractivity (Wildman–Crippen MR) is 104 cm³/mol. The number of morpholine rings is 1. The molecule has 0 radical (unpaired) electrons. The number of halogens is 1. The summed E-state index contributed by atoms with van der Waals surface area (Å²) < 4.78 is 15.1. The van der Waals surface area contributed by atoms with Crippen molar-refractivity contribution in [3.8, 4) is 0 Å². The molecule has 1 aliphatic heterocycles. The second-order valence-corrected chi connectivity index (χ2v) is 6.73. The first-order chi connectivity index (χ1) is 13.5. The van der Waals surface area contributed by atoms with Crippen LogP contribution in [-0.2, 0) is 20.7 Å². The number of carbonyl (C=O) groups is 2. The highest BCUT2D eigenvalue weighted by atomic mass is 35.5. The molecule has 28 heavy (non-hydrogen) atoms. The molecule has 9 heteroatoms. The minimum atomic E-state index is -0.511. The van der Waals surface area contributed by atoms with Gasteiger partial charge in [0.1, 0.15) is 0 Å². The first-order valence-electron chi connectivity index (χ1n) is 8.95. The van der Waals surface area contributed by atoms with Gasteiger partial charge in [-0.25, -0.2) is 4.79 Å². The normalized spacial score (nSPS) is 14.0. The number of ether oxygens (including phenoxy) is 2. The van der Waals surface area contributed by atoms with Crippen molar-refractivity contribution >= 4 is 34.9 Å². The molecule has 1 amide bonds. The van der Waals surface area contributed by atoms with Gasteiger partial charge in [-0.3, -0.25) is 4.79 Å². The molecule has 0 aliphatic carbocycles. The van der Waals surface area contributed by atoms with Crippen LogP contribution >= 0.6 is 11.6 Å². The van der Waals surface area contributed by atoms with Crippen molar-refractivity contribution in [2.75, 3.05) is 43.6 Å². The molecule has 1 saturated heterocycles. The summed E-state index contributed by atoms with van der Waals surface area (Å²) in [5.41, 5.74) is 2.95. The van der Waals surface area contributed by atoms with Crippen molar-refractivity contribution < 1.29 is 23.6 Å². The molecule has 1 aromatic carbocycles. The van der Waals surface area contributed by atoms with Crippen LogP contribution in [0.15, 0.2) is 22.7 Å².